The molecule has 0 amide bonds. The molecule has 1 aliphatic rings. The van der Waals surface area contributed by atoms with Gasteiger partial charge in [0.1, 0.15) is 12.4 Å². The SMILES string of the molecule is COc1cc(C(c2cc(Cl)ccc2OC)N2CCC(C(=O)O)CC2)ccc1OCc1ccccc1. The van der Waals surface area contributed by atoms with Gasteiger partial charge in [-0.05, 0) is 67.4 Å². The van der Waals surface area contributed by atoms with Crippen LogP contribution in [0.1, 0.15) is 35.6 Å². The molecule has 6 nitrogen and oxygen atoms in total. The number of hydrogen-bond acceptors (Lipinski definition) is 5. The van der Waals surface area contributed by atoms with Crippen molar-refractivity contribution in [2.24, 2.45) is 5.92 Å². The highest BCUT2D eigenvalue weighted by atomic mass is 35.5. The Balaban J connectivity index is 1.67. The van der Waals surface area contributed by atoms with E-state index in [1.54, 1.807) is 20.3 Å². The van der Waals surface area contributed by atoms with E-state index in [2.05, 4.69) is 4.90 Å². The number of halogens is 1. The number of aliphatic carboxylic acids is 1. The van der Waals surface area contributed by atoms with E-state index in [1.165, 1.54) is 0 Å². The van der Waals surface area contributed by atoms with E-state index in [0.29, 0.717) is 49.1 Å². The summed E-state index contributed by atoms with van der Waals surface area (Å²) in [6, 6.07) is 21.3. The van der Waals surface area contributed by atoms with Crippen molar-refractivity contribution in [1.82, 2.24) is 4.90 Å². The number of piperidine rings is 1. The first-order valence-corrected chi connectivity index (χ1v) is 12.0. The summed E-state index contributed by atoms with van der Waals surface area (Å²) in [7, 11) is 3.27. The number of methoxy groups -OCH3 is 2. The van der Waals surface area contributed by atoms with Gasteiger partial charge in [0, 0.05) is 10.6 Å². The van der Waals surface area contributed by atoms with Crippen molar-refractivity contribution in [1.29, 1.82) is 0 Å². The molecule has 1 N–H and O–H groups in total. The maximum atomic E-state index is 11.5. The zero-order chi connectivity index (χ0) is 24.8. The van der Waals surface area contributed by atoms with Gasteiger partial charge in [-0.25, -0.2) is 0 Å². The summed E-state index contributed by atoms with van der Waals surface area (Å²) in [5, 5.41) is 10.1. The van der Waals surface area contributed by atoms with Crippen LogP contribution in [0.15, 0.2) is 66.7 Å². The van der Waals surface area contributed by atoms with Gasteiger partial charge in [0.25, 0.3) is 0 Å². The normalized spacial score (nSPS) is 15.4. The topological polar surface area (TPSA) is 68.2 Å². The molecule has 0 aliphatic carbocycles. The third-order valence-electron chi connectivity index (χ3n) is 6.47. The molecule has 4 rings (SSSR count). The Morgan fingerprint density at radius 1 is 0.971 bits per heavy atom. The highest BCUT2D eigenvalue weighted by Gasteiger charge is 2.32. The van der Waals surface area contributed by atoms with Gasteiger partial charge in [-0.1, -0.05) is 48.0 Å². The van der Waals surface area contributed by atoms with Crippen molar-refractivity contribution in [3.8, 4) is 17.2 Å². The lowest BCUT2D eigenvalue weighted by atomic mass is 9.90. The van der Waals surface area contributed by atoms with Crippen LogP contribution < -0.4 is 14.2 Å². The van der Waals surface area contributed by atoms with E-state index in [0.717, 1.165) is 22.4 Å². The van der Waals surface area contributed by atoms with E-state index < -0.39 is 5.97 Å². The molecule has 0 aromatic heterocycles. The molecule has 1 heterocycles. The highest BCUT2D eigenvalue weighted by molar-refractivity contribution is 6.30. The fourth-order valence-electron chi connectivity index (χ4n) is 4.62. The lowest BCUT2D eigenvalue weighted by molar-refractivity contribution is -0.143. The van der Waals surface area contributed by atoms with E-state index in [-0.39, 0.29) is 12.0 Å². The van der Waals surface area contributed by atoms with Gasteiger partial charge in [0.15, 0.2) is 11.5 Å². The molecule has 7 heteroatoms. The second-order valence-electron chi connectivity index (χ2n) is 8.62. The van der Waals surface area contributed by atoms with Crippen molar-refractivity contribution in [3.63, 3.8) is 0 Å². The first-order valence-electron chi connectivity index (χ1n) is 11.6. The summed E-state index contributed by atoms with van der Waals surface area (Å²) in [6.07, 6.45) is 1.17. The fraction of sp³-hybridized carbons (Fsp3) is 0.321. The lowest BCUT2D eigenvalue weighted by Crippen LogP contribution is -2.39. The number of rotatable bonds is 9. The van der Waals surface area contributed by atoms with Gasteiger partial charge in [-0.3, -0.25) is 9.69 Å². The molecular formula is C28H30ClNO5. The first kappa shape index (κ1) is 24.9. The van der Waals surface area contributed by atoms with Crippen LogP contribution in [-0.4, -0.2) is 43.3 Å². The van der Waals surface area contributed by atoms with Crippen LogP contribution in [0, 0.1) is 5.92 Å². The average molecular weight is 496 g/mol. The van der Waals surface area contributed by atoms with Crippen molar-refractivity contribution < 1.29 is 24.1 Å². The molecule has 184 valence electrons. The number of carbonyl (C=O) groups is 1. The van der Waals surface area contributed by atoms with Crippen LogP contribution in [0.2, 0.25) is 5.02 Å². The Labute approximate surface area is 211 Å². The Bertz CT molecular complexity index is 1150. The molecule has 1 saturated heterocycles. The van der Waals surface area contributed by atoms with E-state index >= 15 is 0 Å². The second-order valence-corrected chi connectivity index (χ2v) is 9.06. The van der Waals surface area contributed by atoms with Crippen LogP contribution in [0.25, 0.3) is 0 Å². The van der Waals surface area contributed by atoms with Gasteiger partial charge in [-0.15, -0.1) is 0 Å². The third kappa shape index (κ3) is 5.89. The monoisotopic (exact) mass is 495 g/mol. The maximum absolute atomic E-state index is 11.5. The summed E-state index contributed by atoms with van der Waals surface area (Å²) in [5.74, 6) is 0.953. The molecule has 1 atom stereocenters. The summed E-state index contributed by atoms with van der Waals surface area (Å²) >= 11 is 6.40. The van der Waals surface area contributed by atoms with Crippen molar-refractivity contribution >= 4 is 17.6 Å². The zero-order valence-corrected chi connectivity index (χ0v) is 20.7. The number of nitrogens with zero attached hydrogens (tertiary/aromatic N) is 1. The Morgan fingerprint density at radius 2 is 1.66 bits per heavy atom. The van der Waals surface area contributed by atoms with Crippen LogP contribution in [-0.2, 0) is 11.4 Å². The Hall–Kier alpha value is -3.22. The Morgan fingerprint density at radius 3 is 2.31 bits per heavy atom. The van der Waals surface area contributed by atoms with Gasteiger partial charge in [0.05, 0.1) is 26.2 Å². The quantitative estimate of drug-likeness (QED) is 0.403. The van der Waals surface area contributed by atoms with Crippen LogP contribution in [0.5, 0.6) is 17.2 Å². The number of benzene rings is 3. The van der Waals surface area contributed by atoms with Crippen LogP contribution in [0.3, 0.4) is 0 Å². The van der Waals surface area contributed by atoms with Gasteiger partial charge in [0.2, 0.25) is 0 Å². The summed E-state index contributed by atoms with van der Waals surface area (Å²) < 4.78 is 17.4. The molecule has 0 saturated carbocycles. The summed E-state index contributed by atoms with van der Waals surface area (Å²) in [6.45, 7) is 1.72. The number of likely N-dealkylation sites (tertiary alicyclic amines) is 1. The van der Waals surface area contributed by atoms with Crippen molar-refractivity contribution in [2.75, 3.05) is 27.3 Å². The molecule has 1 fully saturated rings. The largest absolute Gasteiger partial charge is 0.496 e. The Kier molecular flexibility index (Phi) is 8.16. The van der Waals surface area contributed by atoms with Crippen LogP contribution >= 0.6 is 11.6 Å². The van der Waals surface area contributed by atoms with Crippen molar-refractivity contribution in [2.45, 2.75) is 25.5 Å². The van der Waals surface area contributed by atoms with Gasteiger partial charge < -0.3 is 19.3 Å². The predicted octanol–water partition coefficient (Wildman–Crippen LogP) is 5.82. The predicted molar refractivity (Wildman–Crippen MR) is 136 cm³/mol. The number of ether oxygens (including phenoxy) is 3. The van der Waals surface area contributed by atoms with E-state index in [1.807, 2.05) is 60.7 Å². The molecule has 35 heavy (non-hydrogen) atoms. The molecule has 3 aromatic carbocycles. The lowest BCUT2D eigenvalue weighted by Gasteiger charge is -2.37. The first-order chi connectivity index (χ1) is 17.0. The molecular weight excluding hydrogens is 466 g/mol. The third-order valence-corrected chi connectivity index (χ3v) is 6.71. The molecule has 3 aromatic rings. The molecule has 1 unspecified atom stereocenters. The standard InChI is InChI=1S/C28H30ClNO5/c1-33-24-11-9-22(29)17-23(24)27(30-14-12-20(13-15-30)28(31)32)21-8-10-25(26(16-21)34-2)35-18-19-6-4-3-5-7-19/h3-11,16-17,20,27H,12-15,18H2,1-2H3,(H,31,32). The average Bonchev–Trinajstić information content (AvgIpc) is 2.89. The van der Waals surface area contributed by atoms with E-state index in [9.17, 15) is 9.90 Å². The second kappa shape index (κ2) is 11.5. The molecule has 1 aliphatic heterocycles. The summed E-state index contributed by atoms with van der Waals surface area (Å²) in [5.41, 5.74) is 2.98. The smallest absolute Gasteiger partial charge is 0.306 e. The summed E-state index contributed by atoms with van der Waals surface area (Å²) in [4.78, 5) is 13.8. The van der Waals surface area contributed by atoms with E-state index in [4.69, 9.17) is 25.8 Å². The fourth-order valence-corrected chi connectivity index (χ4v) is 4.80. The molecule has 0 radical (unpaired) electrons. The van der Waals surface area contributed by atoms with Gasteiger partial charge >= 0.3 is 5.97 Å². The molecule has 0 spiro atoms. The zero-order valence-electron chi connectivity index (χ0n) is 19.9. The number of carboxylic acids is 1. The number of hydrogen-bond donors (Lipinski definition) is 1. The maximum Gasteiger partial charge on any atom is 0.306 e. The van der Waals surface area contributed by atoms with Crippen LogP contribution in [0.4, 0.5) is 0 Å². The van der Waals surface area contributed by atoms with Gasteiger partial charge in [-0.2, -0.15) is 0 Å². The molecule has 0 bridgehead atoms. The van der Waals surface area contributed by atoms with Crippen molar-refractivity contribution in [3.05, 3.63) is 88.4 Å². The minimum atomic E-state index is -0.733. The minimum absolute atomic E-state index is 0.185. The minimum Gasteiger partial charge on any atom is -0.496 e. The highest BCUT2D eigenvalue weighted by Crippen LogP contribution is 2.41. The number of carboxylic acid groups (broad SMARTS) is 1.